The fraction of sp³-hybridized carbons (Fsp3) is 0.316. The summed E-state index contributed by atoms with van der Waals surface area (Å²) >= 11 is 12.2. The van der Waals surface area contributed by atoms with E-state index >= 15 is 0 Å². The molecule has 1 saturated heterocycles. The van der Waals surface area contributed by atoms with Crippen molar-refractivity contribution in [2.45, 2.75) is 18.6 Å². The lowest BCUT2D eigenvalue weighted by molar-refractivity contribution is -0.120. The largest absolute Gasteiger partial charge is 0.326 e. The lowest BCUT2D eigenvalue weighted by Gasteiger charge is -2.30. The molecule has 0 atom stereocenters. The standard InChI is InChI=1S/C19H20Cl2N2O3S/c20-17-7-4-8-18(21)16(17)13-27(25,26)23-11-9-14(10-12-23)19(24)22-15-5-2-1-3-6-15/h1-8,14H,9-13H2,(H,22,24). The summed E-state index contributed by atoms with van der Waals surface area (Å²) < 4.78 is 26.9. The molecule has 0 aliphatic carbocycles. The van der Waals surface area contributed by atoms with Crippen LogP contribution in [0.25, 0.3) is 0 Å². The minimum absolute atomic E-state index is 0.0765. The van der Waals surface area contributed by atoms with Crippen molar-refractivity contribution in [1.29, 1.82) is 0 Å². The summed E-state index contributed by atoms with van der Waals surface area (Å²) in [6.07, 6.45) is 0.961. The Hall–Kier alpha value is -1.60. The van der Waals surface area contributed by atoms with E-state index in [4.69, 9.17) is 23.2 Å². The van der Waals surface area contributed by atoms with Crippen molar-refractivity contribution in [2.75, 3.05) is 18.4 Å². The van der Waals surface area contributed by atoms with Crippen molar-refractivity contribution in [1.82, 2.24) is 4.31 Å². The minimum Gasteiger partial charge on any atom is -0.326 e. The number of halogens is 2. The Balaban J connectivity index is 1.60. The molecule has 3 rings (SSSR count). The van der Waals surface area contributed by atoms with E-state index in [1.54, 1.807) is 18.2 Å². The van der Waals surface area contributed by atoms with E-state index in [-0.39, 0.29) is 17.6 Å². The van der Waals surface area contributed by atoms with Crippen LogP contribution in [0.3, 0.4) is 0 Å². The summed E-state index contributed by atoms with van der Waals surface area (Å²) in [6, 6.07) is 14.2. The molecule has 144 valence electrons. The number of hydrogen-bond acceptors (Lipinski definition) is 3. The zero-order chi connectivity index (χ0) is 19.4. The summed E-state index contributed by atoms with van der Waals surface area (Å²) in [6.45, 7) is 0.606. The summed E-state index contributed by atoms with van der Waals surface area (Å²) in [5.74, 6) is -0.528. The maximum atomic E-state index is 12.7. The number of rotatable bonds is 5. The van der Waals surface area contributed by atoms with Crippen LogP contribution < -0.4 is 5.32 Å². The molecule has 1 fully saturated rings. The lowest BCUT2D eigenvalue weighted by atomic mass is 9.97. The average Bonchev–Trinajstić information content (AvgIpc) is 2.66. The summed E-state index contributed by atoms with van der Waals surface area (Å²) in [7, 11) is -3.56. The van der Waals surface area contributed by atoms with Crippen LogP contribution in [-0.4, -0.2) is 31.7 Å². The molecule has 5 nitrogen and oxygen atoms in total. The maximum absolute atomic E-state index is 12.7. The number of anilines is 1. The van der Waals surface area contributed by atoms with Gasteiger partial charge in [0.05, 0.1) is 5.75 Å². The number of sulfonamides is 1. The smallest absolute Gasteiger partial charge is 0.227 e. The number of hydrogen-bond donors (Lipinski definition) is 1. The first-order valence-corrected chi connectivity index (χ1v) is 11.0. The van der Waals surface area contributed by atoms with Gasteiger partial charge in [-0.2, -0.15) is 0 Å². The quantitative estimate of drug-likeness (QED) is 0.779. The molecule has 0 aromatic heterocycles. The zero-order valence-electron chi connectivity index (χ0n) is 14.6. The van der Waals surface area contributed by atoms with E-state index in [0.717, 1.165) is 5.69 Å². The minimum atomic E-state index is -3.56. The first kappa shape index (κ1) is 20.1. The summed E-state index contributed by atoms with van der Waals surface area (Å²) in [5.41, 5.74) is 1.15. The molecule has 1 amide bonds. The van der Waals surface area contributed by atoms with Gasteiger partial charge in [-0.15, -0.1) is 0 Å². The molecule has 0 spiro atoms. The van der Waals surface area contributed by atoms with Crippen molar-refractivity contribution in [3.8, 4) is 0 Å². The van der Waals surface area contributed by atoms with E-state index in [9.17, 15) is 13.2 Å². The second kappa shape index (κ2) is 8.61. The summed E-state index contributed by atoms with van der Waals surface area (Å²) in [4.78, 5) is 12.4. The number of para-hydroxylation sites is 1. The molecule has 1 aliphatic heterocycles. The van der Waals surface area contributed by atoms with Gasteiger partial charge in [-0.3, -0.25) is 4.79 Å². The fourth-order valence-corrected chi connectivity index (χ4v) is 5.42. The first-order valence-electron chi connectivity index (χ1n) is 8.63. The number of amides is 1. The number of piperidine rings is 1. The molecule has 0 bridgehead atoms. The fourth-order valence-electron chi connectivity index (χ4n) is 3.11. The predicted octanol–water partition coefficient (Wildman–Crippen LogP) is 4.17. The monoisotopic (exact) mass is 426 g/mol. The zero-order valence-corrected chi connectivity index (χ0v) is 16.9. The Morgan fingerprint density at radius 1 is 1.00 bits per heavy atom. The highest BCUT2D eigenvalue weighted by Gasteiger charge is 2.32. The van der Waals surface area contributed by atoms with Gasteiger partial charge in [-0.05, 0) is 37.1 Å². The SMILES string of the molecule is O=C(Nc1ccccc1)C1CCN(S(=O)(=O)Cc2c(Cl)cccc2Cl)CC1. The van der Waals surface area contributed by atoms with Gasteiger partial charge in [0.2, 0.25) is 15.9 Å². The van der Waals surface area contributed by atoms with Crippen molar-refractivity contribution >= 4 is 44.8 Å². The summed E-state index contributed by atoms with van der Waals surface area (Å²) in [5, 5.41) is 3.55. The molecule has 0 unspecified atom stereocenters. The highest BCUT2D eigenvalue weighted by Crippen LogP contribution is 2.29. The van der Waals surface area contributed by atoms with Gasteiger partial charge in [0.1, 0.15) is 0 Å². The third-order valence-corrected chi connectivity index (χ3v) is 7.16. The van der Waals surface area contributed by atoms with Crippen LogP contribution in [0.2, 0.25) is 10.0 Å². The molecule has 1 N–H and O–H groups in total. The van der Waals surface area contributed by atoms with Crippen molar-refractivity contribution in [3.05, 3.63) is 64.1 Å². The number of nitrogens with one attached hydrogen (secondary N) is 1. The molecular weight excluding hydrogens is 407 g/mol. The van der Waals surface area contributed by atoms with Gasteiger partial charge in [0.25, 0.3) is 0 Å². The molecule has 1 aliphatic rings. The molecule has 2 aromatic rings. The van der Waals surface area contributed by atoms with Gasteiger partial charge >= 0.3 is 0 Å². The number of carbonyl (C=O) groups is 1. The van der Waals surface area contributed by atoms with Crippen molar-refractivity contribution in [3.63, 3.8) is 0 Å². The normalized spacial score (nSPS) is 16.2. The van der Waals surface area contributed by atoms with Gasteiger partial charge in [0.15, 0.2) is 0 Å². The van der Waals surface area contributed by atoms with E-state index in [2.05, 4.69) is 5.32 Å². The molecule has 2 aromatic carbocycles. The van der Waals surface area contributed by atoms with Crippen LogP contribution >= 0.6 is 23.2 Å². The van der Waals surface area contributed by atoms with Gasteiger partial charge in [-0.25, -0.2) is 12.7 Å². The Morgan fingerprint density at radius 2 is 1.59 bits per heavy atom. The molecule has 0 saturated carbocycles. The number of nitrogens with zero attached hydrogens (tertiary/aromatic N) is 1. The molecule has 0 radical (unpaired) electrons. The van der Waals surface area contributed by atoms with Gasteiger partial charge < -0.3 is 5.32 Å². The number of benzene rings is 2. The predicted molar refractivity (Wildman–Crippen MR) is 108 cm³/mol. The van der Waals surface area contributed by atoms with E-state index in [1.165, 1.54) is 4.31 Å². The van der Waals surface area contributed by atoms with Crippen LogP contribution in [0.5, 0.6) is 0 Å². The highest BCUT2D eigenvalue weighted by molar-refractivity contribution is 7.88. The lowest BCUT2D eigenvalue weighted by Crippen LogP contribution is -2.41. The molecule has 27 heavy (non-hydrogen) atoms. The Morgan fingerprint density at radius 3 is 2.19 bits per heavy atom. The second-order valence-corrected chi connectivity index (χ2v) is 9.27. The highest BCUT2D eigenvalue weighted by atomic mass is 35.5. The maximum Gasteiger partial charge on any atom is 0.227 e. The number of carbonyl (C=O) groups excluding carboxylic acids is 1. The molecule has 8 heteroatoms. The molecular formula is C19H20Cl2N2O3S. The van der Waals surface area contributed by atoms with Crippen LogP contribution in [0.1, 0.15) is 18.4 Å². The van der Waals surface area contributed by atoms with Crippen LogP contribution in [0.4, 0.5) is 5.69 Å². The Labute approximate surface area is 169 Å². The third kappa shape index (κ3) is 5.02. The molecule has 1 heterocycles. The van der Waals surface area contributed by atoms with Crippen molar-refractivity contribution < 1.29 is 13.2 Å². The third-order valence-electron chi connectivity index (χ3n) is 4.65. The van der Waals surface area contributed by atoms with Gasteiger partial charge in [-0.1, -0.05) is 47.5 Å². The van der Waals surface area contributed by atoms with E-state index < -0.39 is 10.0 Å². The Kier molecular flexibility index (Phi) is 6.42. The van der Waals surface area contributed by atoms with Gasteiger partial charge in [0, 0.05) is 40.3 Å². The Bertz CT molecular complexity index is 892. The van der Waals surface area contributed by atoms with E-state index in [0.29, 0.717) is 41.5 Å². The average molecular weight is 427 g/mol. The first-order chi connectivity index (χ1) is 12.9. The topological polar surface area (TPSA) is 66.5 Å². The van der Waals surface area contributed by atoms with E-state index in [1.807, 2.05) is 30.3 Å². The van der Waals surface area contributed by atoms with Crippen molar-refractivity contribution in [2.24, 2.45) is 5.92 Å². The van der Waals surface area contributed by atoms with Crippen LogP contribution in [0.15, 0.2) is 48.5 Å². The second-order valence-electron chi connectivity index (χ2n) is 6.49. The van der Waals surface area contributed by atoms with Crippen LogP contribution in [-0.2, 0) is 20.6 Å². The van der Waals surface area contributed by atoms with Crippen LogP contribution in [0, 0.1) is 5.92 Å².